The van der Waals surface area contributed by atoms with Crippen LogP contribution in [0.5, 0.6) is 5.75 Å². The lowest BCUT2D eigenvalue weighted by Crippen LogP contribution is -2.21. The van der Waals surface area contributed by atoms with Crippen molar-refractivity contribution in [2.45, 2.75) is 0 Å². The van der Waals surface area contributed by atoms with E-state index in [1.54, 1.807) is 24.3 Å². The molecule has 0 aliphatic heterocycles. The van der Waals surface area contributed by atoms with E-state index in [2.05, 4.69) is 10.6 Å². The van der Waals surface area contributed by atoms with Crippen molar-refractivity contribution in [3.8, 4) is 5.75 Å². The number of hydrogen-bond acceptors (Lipinski definition) is 3. The third-order valence-electron chi connectivity index (χ3n) is 2.69. The van der Waals surface area contributed by atoms with Crippen LogP contribution in [0.2, 0.25) is 0 Å². The maximum Gasteiger partial charge on any atom is 0.316 e. The Morgan fingerprint density at radius 2 is 1.61 bits per heavy atom. The van der Waals surface area contributed by atoms with Crippen molar-refractivity contribution in [2.75, 3.05) is 17.2 Å². The van der Waals surface area contributed by atoms with Gasteiger partial charge in [-0.15, -0.1) is 0 Å². The molecule has 0 bridgehead atoms. The summed E-state index contributed by atoms with van der Waals surface area (Å²) in [5.74, 6) is -2.37. The number of nitrogens with two attached hydrogens (primary N) is 1. The van der Waals surface area contributed by atoms with Gasteiger partial charge in [0, 0.05) is 17.4 Å². The summed E-state index contributed by atoms with van der Waals surface area (Å²) in [6, 6.07) is 8.27. The van der Waals surface area contributed by atoms with Crippen molar-refractivity contribution in [1.29, 1.82) is 0 Å². The maximum atomic E-state index is 13.3. The molecule has 2 rings (SSSR count). The van der Waals surface area contributed by atoms with E-state index >= 15 is 0 Å². The van der Waals surface area contributed by atoms with Gasteiger partial charge in [-0.05, 0) is 36.4 Å². The standard InChI is InChI=1S/C15H13F2N3O3/c16-9-1-6-13(12(17)7-9)23-8-14(21)19-10-2-4-11(5-3-10)20-15(18)22/h1-7H,8H2,(H,19,21)(H3,18,20,22). The first-order valence-electron chi connectivity index (χ1n) is 6.48. The van der Waals surface area contributed by atoms with Gasteiger partial charge in [0.2, 0.25) is 0 Å². The quantitative estimate of drug-likeness (QED) is 0.789. The van der Waals surface area contributed by atoms with Crippen molar-refractivity contribution in [2.24, 2.45) is 5.73 Å². The molecule has 0 heterocycles. The summed E-state index contributed by atoms with van der Waals surface area (Å²) in [5, 5.41) is 4.89. The summed E-state index contributed by atoms with van der Waals surface area (Å²) in [6.07, 6.45) is 0. The molecule has 23 heavy (non-hydrogen) atoms. The summed E-state index contributed by atoms with van der Waals surface area (Å²) in [7, 11) is 0. The molecule has 0 saturated carbocycles. The molecule has 0 atom stereocenters. The molecular formula is C15H13F2N3O3. The molecule has 0 radical (unpaired) electrons. The van der Waals surface area contributed by atoms with Crippen LogP contribution < -0.4 is 21.1 Å². The van der Waals surface area contributed by atoms with Crippen LogP contribution in [0, 0.1) is 11.6 Å². The van der Waals surface area contributed by atoms with Gasteiger partial charge in [0.05, 0.1) is 0 Å². The molecule has 0 aliphatic carbocycles. The largest absolute Gasteiger partial charge is 0.481 e. The van der Waals surface area contributed by atoms with Crippen LogP contribution in [0.1, 0.15) is 0 Å². The smallest absolute Gasteiger partial charge is 0.316 e. The highest BCUT2D eigenvalue weighted by molar-refractivity contribution is 5.92. The van der Waals surface area contributed by atoms with Crippen molar-refractivity contribution < 1.29 is 23.1 Å². The van der Waals surface area contributed by atoms with E-state index in [0.717, 1.165) is 12.1 Å². The number of nitrogens with one attached hydrogen (secondary N) is 2. The third-order valence-corrected chi connectivity index (χ3v) is 2.69. The highest BCUT2D eigenvalue weighted by Gasteiger charge is 2.08. The van der Waals surface area contributed by atoms with E-state index < -0.39 is 30.2 Å². The molecule has 0 spiro atoms. The van der Waals surface area contributed by atoms with Gasteiger partial charge in [0.1, 0.15) is 5.82 Å². The molecule has 4 N–H and O–H groups in total. The van der Waals surface area contributed by atoms with Gasteiger partial charge in [-0.25, -0.2) is 13.6 Å². The molecule has 6 nitrogen and oxygen atoms in total. The Bertz CT molecular complexity index is 720. The lowest BCUT2D eigenvalue weighted by molar-refractivity contribution is -0.118. The number of carbonyl (C=O) groups is 2. The Hall–Kier alpha value is -3.16. The zero-order valence-corrected chi connectivity index (χ0v) is 11.8. The zero-order valence-electron chi connectivity index (χ0n) is 11.8. The van der Waals surface area contributed by atoms with Crippen molar-refractivity contribution in [3.63, 3.8) is 0 Å². The van der Waals surface area contributed by atoms with Crippen LogP contribution in [0.4, 0.5) is 25.0 Å². The summed E-state index contributed by atoms with van der Waals surface area (Å²) in [6.45, 7) is -0.441. The Kier molecular flexibility index (Phi) is 5.08. The number of ether oxygens (including phenoxy) is 1. The molecule has 120 valence electrons. The molecular weight excluding hydrogens is 308 g/mol. The first-order chi connectivity index (χ1) is 10.9. The molecule has 0 aromatic heterocycles. The monoisotopic (exact) mass is 321 g/mol. The first kappa shape index (κ1) is 16.2. The second kappa shape index (κ2) is 7.21. The molecule has 2 aromatic rings. The Balaban J connectivity index is 1.88. The third kappa shape index (κ3) is 4.95. The minimum absolute atomic E-state index is 0.220. The fourth-order valence-electron chi connectivity index (χ4n) is 1.71. The van der Waals surface area contributed by atoms with E-state index in [1.165, 1.54) is 0 Å². The Morgan fingerprint density at radius 3 is 2.17 bits per heavy atom. The highest BCUT2D eigenvalue weighted by Crippen LogP contribution is 2.18. The predicted octanol–water partition coefficient (Wildman–Crippen LogP) is 2.47. The molecule has 3 amide bonds. The summed E-state index contributed by atoms with van der Waals surface area (Å²) in [5.41, 5.74) is 5.89. The van der Waals surface area contributed by atoms with Crippen LogP contribution in [0.3, 0.4) is 0 Å². The number of urea groups is 1. The number of primary amides is 1. The number of benzene rings is 2. The van der Waals surface area contributed by atoms with E-state index in [4.69, 9.17) is 10.5 Å². The normalized spacial score (nSPS) is 10.0. The van der Waals surface area contributed by atoms with Crippen LogP contribution in [0.25, 0.3) is 0 Å². The minimum atomic E-state index is -0.889. The molecule has 0 saturated heterocycles. The number of hydrogen-bond donors (Lipinski definition) is 3. The van der Waals surface area contributed by atoms with E-state index in [0.29, 0.717) is 17.4 Å². The minimum Gasteiger partial charge on any atom is -0.481 e. The average molecular weight is 321 g/mol. The Labute approximate surface area is 130 Å². The summed E-state index contributed by atoms with van der Waals surface area (Å²) >= 11 is 0. The molecule has 2 aromatic carbocycles. The topological polar surface area (TPSA) is 93.5 Å². The van der Waals surface area contributed by atoms with Crippen LogP contribution in [-0.2, 0) is 4.79 Å². The maximum absolute atomic E-state index is 13.3. The van der Waals surface area contributed by atoms with Crippen molar-refractivity contribution >= 4 is 23.3 Å². The van der Waals surface area contributed by atoms with Gasteiger partial charge >= 0.3 is 6.03 Å². The molecule has 8 heteroatoms. The number of carbonyl (C=O) groups excluding carboxylic acids is 2. The number of halogens is 2. The van der Waals surface area contributed by atoms with Gasteiger partial charge < -0.3 is 21.1 Å². The second-order valence-corrected chi connectivity index (χ2v) is 4.48. The van der Waals surface area contributed by atoms with Gasteiger partial charge in [0.15, 0.2) is 18.2 Å². The predicted molar refractivity (Wildman–Crippen MR) is 80.1 cm³/mol. The number of rotatable bonds is 5. The number of amides is 3. The van der Waals surface area contributed by atoms with Gasteiger partial charge in [0.25, 0.3) is 5.91 Å². The SMILES string of the molecule is NC(=O)Nc1ccc(NC(=O)COc2ccc(F)cc2F)cc1. The van der Waals surface area contributed by atoms with Gasteiger partial charge in [-0.1, -0.05) is 0 Å². The zero-order chi connectivity index (χ0) is 16.8. The van der Waals surface area contributed by atoms with Crippen molar-refractivity contribution in [1.82, 2.24) is 0 Å². The van der Waals surface area contributed by atoms with E-state index in [9.17, 15) is 18.4 Å². The van der Waals surface area contributed by atoms with Gasteiger partial charge in [-0.2, -0.15) is 0 Å². The highest BCUT2D eigenvalue weighted by atomic mass is 19.1. The lowest BCUT2D eigenvalue weighted by atomic mass is 10.3. The van der Waals surface area contributed by atoms with E-state index in [-0.39, 0.29) is 5.75 Å². The average Bonchev–Trinajstić information content (AvgIpc) is 2.48. The Morgan fingerprint density at radius 1 is 1.00 bits per heavy atom. The lowest BCUT2D eigenvalue weighted by Gasteiger charge is -2.09. The fraction of sp³-hybridized carbons (Fsp3) is 0.0667. The molecule has 0 unspecified atom stereocenters. The molecule has 0 aliphatic rings. The first-order valence-corrected chi connectivity index (χ1v) is 6.48. The fourth-order valence-corrected chi connectivity index (χ4v) is 1.71. The van der Waals surface area contributed by atoms with Crippen LogP contribution >= 0.6 is 0 Å². The summed E-state index contributed by atoms with van der Waals surface area (Å²) in [4.78, 5) is 22.4. The summed E-state index contributed by atoms with van der Waals surface area (Å²) < 4.78 is 31.0. The van der Waals surface area contributed by atoms with Gasteiger partial charge in [-0.3, -0.25) is 4.79 Å². The number of anilines is 2. The van der Waals surface area contributed by atoms with Crippen LogP contribution in [0.15, 0.2) is 42.5 Å². The van der Waals surface area contributed by atoms with Crippen molar-refractivity contribution in [3.05, 3.63) is 54.1 Å². The van der Waals surface area contributed by atoms with E-state index in [1.807, 2.05) is 0 Å². The second-order valence-electron chi connectivity index (χ2n) is 4.48. The van der Waals surface area contributed by atoms with Crippen LogP contribution in [-0.4, -0.2) is 18.5 Å². The molecule has 0 fully saturated rings.